The molecule has 24 heavy (non-hydrogen) atoms. The predicted octanol–water partition coefficient (Wildman–Crippen LogP) is 3.43. The Kier molecular flexibility index (Phi) is 4.70. The van der Waals surface area contributed by atoms with E-state index in [0.717, 1.165) is 16.8 Å². The quantitative estimate of drug-likeness (QED) is 0.782. The Bertz CT molecular complexity index is 796. The zero-order chi connectivity index (χ0) is 16.9. The van der Waals surface area contributed by atoms with Gasteiger partial charge in [0.1, 0.15) is 5.82 Å². The Morgan fingerprint density at radius 1 is 1.17 bits per heavy atom. The number of aromatic nitrogens is 2. The number of imidazole rings is 1. The van der Waals surface area contributed by atoms with Crippen LogP contribution >= 0.6 is 0 Å². The summed E-state index contributed by atoms with van der Waals surface area (Å²) < 4.78 is 14.8. The average Bonchev–Trinajstić information content (AvgIpc) is 3.11. The van der Waals surface area contributed by atoms with Crippen molar-refractivity contribution in [3.05, 3.63) is 84.2 Å². The molecule has 2 aromatic carbocycles. The molecule has 0 bridgehead atoms. The van der Waals surface area contributed by atoms with Gasteiger partial charge in [-0.1, -0.05) is 24.3 Å². The SMILES string of the molecule is CC(NC(=O)Cc1ccc(F)cc1)c1ccc(-n2ccnc2)cc1. The summed E-state index contributed by atoms with van der Waals surface area (Å²) in [5, 5.41) is 2.96. The van der Waals surface area contributed by atoms with Crippen molar-refractivity contribution in [2.24, 2.45) is 0 Å². The highest BCUT2D eigenvalue weighted by Gasteiger charge is 2.10. The van der Waals surface area contributed by atoms with Gasteiger partial charge in [0.2, 0.25) is 5.91 Å². The zero-order valence-electron chi connectivity index (χ0n) is 13.3. The van der Waals surface area contributed by atoms with Crippen molar-refractivity contribution in [3.8, 4) is 5.69 Å². The molecule has 5 heteroatoms. The van der Waals surface area contributed by atoms with Gasteiger partial charge in [-0.25, -0.2) is 9.37 Å². The summed E-state index contributed by atoms with van der Waals surface area (Å²) in [6, 6.07) is 13.8. The van der Waals surface area contributed by atoms with Crippen LogP contribution in [0, 0.1) is 5.82 Å². The van der Waals surface area contributed by atoms with Gasteiger partial charge in [0.15, 0.2) is 0 Å². The van der Waals surface area contributed by atoms with E-state index in [1.54, 1.807) is 24.7 Å². The van der Waals surface area contributed by atoms with Crippen LogP contribution in [-0.4, -0.2) is 15.5 Å². The van der Waals surface area contributed by atoms with Gasteiger partial charge in [0, 0.05) is 18.1 Å². The maximum atomic E-state index is 12.9. The minimum absolute atomic E-state index is 0.0900. The summed E-state index contributed by atoms with van der Waals surface area (Å²) in [5.74, 6) is -0.390. The van der Waals surface area contributed by atoms with Crippen LogP contribution in [-0.2, 0) is 11.2 Å². The van der Waals surface area contributed by atoms with Crippen LogP contribution < -0.4 is 5.32 Å². The van der Waals surface area contributed by atoms with Crippen molar-refractivity contribution in [2.75, 3.05) is 0 Å². The van der Waals surface area contributed by atoms with Crippen molar-refractivity contribution >= 4 is 5.91 Å². The summed E-state index contributed by atoms with van der Waals surface area (Å²) in [6.07, 6.45) is 5.58. The molecule has 1 unspecified atom stereocenters. The van der Waals surface area contributed by atoms with E-state index in [1.807, 2.05) is 42.0 Å². The first-order valence-corrected chi connectivity index (χ1v) is 7.74. The minimum Gasteiger partial charge on any atom is -0.349 e. The third-order valence-corrected chi connectivity index (χ3v) is 3.85. The highest BCUT2D eigenvalue weighted by molar-refractivity contribution is 5.79. The Morgan fingerprint density at radius 3 is 2.50 bits per heavy atom. The molecule has 4 nitrogen and oxygen atoms in total. The summed E-state index contributed by atoms with van der Waals surface area (Å²) in [7, 11) is 0. The van der Waals surface area contributed by atoms with Crippen LogP contribution in [0.25, 0.3) is 5.69 Å². The Morgan fingerprint density at radius 2 is 1.88 bits per heavy atom. The molecule has 3 aromatic rings. The van der Waals surface area contributed by atoms with E-state index < -0.39 is 0 Å². The van der Waals surface area contributed by atoms with Gasteiger partial charge in [-0.15, -0.1) is 0 Å². The average molecular weight is 323 g/mol. The Hall–Kier alpha value is -2.95. The molecule has 1 heterocycles. The van der Waals surface area contributed by atoms with Crippen LogP contribution in [0.15, 0.2) is 67.3 Å². The molecular formula is C19H18FN3O. The van der Waals surface area contributed by atoms with Crippen molar-refractivity contribution in [2.45, 2.75) is 19.4 Å². The fourth-order valence-electron chi connectivity index (χ4n) is 2.51. The van der Waals surface area contributed by atoms with Gasteiger partial charge in [-0.2, -0.15) is 0 Å². The number of nitrogens with zero attached hydrogens (tertiary/aromatic N) is 2. The number of halogens is 1. The molecule has 0 aliphatic rings. The maximum Gasteiger partial charge on any atom is 0.224 e. The van der Waals surface area contributed by atoms with E-state index in [2.05, 4.69) is 10.3 Å². The molecule has 0 fully saturated rings. The van der Waals surface area contributed by atoms with Crippen LogP contribution in [0.2, 0.25) is 0 Å². The standard InChI is InChI=1S/C19H18FN3O/c1-14(22-19(24)12-15-2-6-17(20)7-3-15)16-4-8-18(9-5-16)23-11-10-21-13-23/h2-11,13-14H,12H2,1H3,(H,22,24). The predicted molar refractivity (Wildman–Crippen MR) is 90.2 cm³/mol. The normalized spacial score (nSPS) is 11.9. The van der Waals surface area contributed by atoms with E-state index in [4.69, 9.17) is 0 Å². The third kappa shape index (κ3) is 3.87. The Labute approximate surface area is 140 Å². The lowest BCUT2D eigenvalue weighted by Crippen LogP contribution is -2.28. The van der Waals surface area contributed by atoms with Crippen LogP contribution in [0.1, 0.15) is 24.1 Å². The number of benzene rings is 2. The number of carbonyl (C=O) groups is 1. The van der Waals surface area contributed by atoms with E-state index in [0.29, 0.717) is 0 Å². The lowest BCUT2D eigenvalue weighted by Gasteiger charge is -2.15. The lowest BCUT2D eigenvalue weighted by molar-refractivity contribution is -0.121. The van der Waals surface area contributed by atoms with Gasteiger partial charge >= 0.3 is 0 Å². The summed E-state index contributed by atoms with van der Waals surface area (Å²) >= 11 is 0. The van der Waals surface area contributed by atoms with E-state index >= 15 is 0 Å². The molecule has 1 aromatic heterocycles. The molecule has 1 atom stereocenters. The number of rotatable bonds is 5. The van der Waals surface area contributed by atoms with E-state index in [9.17, 15) is 9.18 Å². The molecule has 0 aliphatic carbocycles. The van der Waals surface area contributed by atoms with Gasteiger partial charge in [0.25, 0.3) is 0 Å². The molecule has 0 aliphatic heterocycles. The van der Waals surface area contributed by atoms with Gasteiger partial charge in [-0.3, -0.25) is 4.79 Å². The molecule has 3 rings (SSSR count). The smallest absolute Gasteiger partial charge is 0.224 e. The lowest BCUT2D eigenvalue weighted by atomic mass is 10.1. The molecule has 1 N–H and O–H groups in total. The van der Waals surface area contributed by atoms with Gasteiger partial charge in [-0.05, 0) is 42.3 Å². The summed E-state index contributed by atoms with van der Waals surface area (Å²) in [5.41, 5.74) is 2.82. The minimum atomic E-state index is -0.300. The van der Waals surface area contributed by atoms with Crippen molar-refractivity contribution < 1.29 is 9.18 Å². The fraction of sp³-hybridized carbons (Fsp3) is 0.158. The largest absolute Gasteiger partial charge is 0.349 e. The molecule has 0 saturated carbocycles. The highest BCUT2D eigenvalue weighted by Crippen LogP contribution is 2.16. The molecular weight excluding hydrogens is 305 g/mol. The highest BCUT2D eigenvalue weighted by atomic mass is 19.1. The molecule has 0 spiro atoms. The molecule has 1 amide bonds. The molecule has 0 saturated heterocycles. The first kappa shape index (κ1) is 15.9. The van der Waals surface area contributed by atoms with Crippen molar-refractivity contribution in [1.82, 2.24) is 14.9 Å². The number of amides is 1. The van der Waals surface area contributed by atoms with E-state index in [1.165, 1.54) is 12.1 Å². The topological polar surface area (TPSA) is 46.9 Å². The van der Waals surface area contributed by atoms with Crippen molar-refractivity contribution in [1.29, 1.82) is 0 Å². The molecule has 122 valence electrons. The second kappa shape index (κ2) is 7.08. The fourth-order valence-corrected chi connectivity index (χ4v) is 2.51. The van der Waals surface area contributed by atoms with Crippen molar-refractivity contribution in [3.63, 3.8) is 0 Å². The number of hydrogen-bond donors (Lipinski definition) is 1. The summed E-state index contributed by atoms with van der Waals surface area (Å²) in [6.45, 7) is 1.94. The monoisotopic (exact) mass is 323 g/mol. The Balaban J connectivity index is 1.60. The maximum absolute atomic E-state index is 12.9. The second-order valence-electron chi connectivity index (χ2n) is 5.65. The molecule has 0 radical (unpaired) electrons. The first-order chi connectivity index (χ1) is 11.6. The van der Waals surface area contributed by atoms with Crippen LogP contribution in [0.5, 0.6) is 0 Å². The number of nitrogens with one attached hydrogen (secondary N) is 1. The van der Waals surface area contributed by atoms with Gasteiger partial charge in [0.05, 0.1) is 18.8 Å². The first-order valence-electron chi connectivity index (χ1n) is 7.74. The van der Waals surface area contributed by atoms with E-state index in [-0.39, 0.29) is 24.2 Å². The zero-order valence-corrected chi connectivity index (χ0v) is 13.3. The second-order valence-corrected chi connectivity index (χ2v) is 5.65. The number of hydrogen-bond acceptors (Lipinski definition) is 2. The van der Waals surface area contributed by atoms with Crippen LogP contribution in [0.3, 0.4) is 0 Å². The van der Waals surface area contributed by atoms with Crippen LogP contribution in [0.4, 0.5) is 4.39 Å². The summed E-state index contributed by atoms with van der Waals surface area (Å²) in [4.78, 5) is 16.1. The number of carbonyl (C=O) groups excluding carboxylic acids is 1. The third-order valence-electron chi connectivity index (χ3n) is 3.85. The van der Waals surface area contributed by atoms with Gasteiger partial charge < -0.3 is 9.88 Å².